The third kappa shape index (κ3) is 1.31. The predicted molar refractivity (Wildman–Crippen MR) is 46.4 cm³/mol. The fraction of sp³-hybridized carbons (Fsp3) is 0.625. The number of amides is 3. The summed E-state index contributed by atoms with van der Waals surface area (Å²) in [6.07, 6.45) is -2.01. The number of imide groups is 1. The van der Waals surface area contributed by atoms with E-state index in [0.717, 1.165) is 9.80 Å². The molecule has 2 fully saturated rings. The summed E-state index contributed by atoms with van der Waals surface area (Å²) in [6.45, 7) is 0.293. The van der Waals surface area contributed by atoms with Crippen LogP contribution >= 0.6 is 0 Å². The molecule has 0 aromatic heterocycles. The van der Waals surface area contributed by atoms with Crippen molar-refractivity contribution in [3.8, 4) is 0 Å². The van der Waals surface area contributed by atoms with Crippen molar-refractivity contribution < 1.29 is 24.6 Å². The normalized spacial score (nSPS) is 29.5. The lowest BCUT2D eigenvalue weighted by Gasteiger charge is -2.20. The van der Waals surface area contributed by atoms with Gasteiger partial charge in [-0.15, -0.1) is 0 Å². The molecule has 7 heteroatoms. The fourth-order valence-corrected chi connectivity index (χ4v) is 2.33. The lowest BCUT2D eigenvalue weighted by Crippen LogP contribution is -2.41. The second kappa shape index (κ2) is 3.11. The smallest absolute Gasteiger partial charge is 0.414 e. The standard InChI is InChI=1S/C8H10N2O5/c11-6-3-5-4(10(6)8(14)15)1-2-9(5)7(12)13/h4-5H,1-3H2,(H,12,13)(H,14,15). The highest BCUT2D eigenvalue weighted by atomic mass is 16.4. The zero-order chi connectivity index (χ0) is 11.2. The predicted octanol–water partition coefficient (Wildman–Crippen LogP) is 0.0176. The summed E-state index contributed by atoms with van der Waals surface area (Å²) < 4.78 is 0. The van der Waals surface area contributed by atoms with E-state index in [9.17, 15) is 14.4 Å². The Kier molecular flexibility index (Phi) is 2.02. The minimum absolute atomic E-state index is 0.0245. The minimum Gasteiger partial charge on any atom is -0.465 e. The molecule has 2 saturated heterocycles. The van der Waals surface area contributed by atoms with E-state index < -0.39 is 30.2 Å². The van der Waals surface area contributed by atoms with Crippen LogP contribution in [0.5, 0.6) is 0 Å². The molecule has 0 saturated carbocycles. The van der Waals surface area contributed by atoms with Gasteiger partial charge < -0.3 is 15.1 Å². The molecule has 2 heterocycles. The van der Waals surface area contributed by atoms with E-state index in [1.165, 1.54) is 0 Å². The van der Waals surface area contributed by atoms with Crippen LogP contribution in [-0.2, 0) is 4.79 Å². The van der Waals surface area contributed by atoms with Crippen molar-refractivity contribution in [2.75, 3.05) is 6.54 Å². The number of carboxylic acid groups (broad SMARTS) is 2. The van der Waals surface area contributed by atoms with Gasteiger partial charge in [-0.1, -0.05) is 0 Å². The van der Waals surface area contributed by atoms with Crippen LogP contribution in [0.4, 0.5) is 9.59 Å². The zero-order valence-electron chi connectivity index (χ0n) is 7.79. The zero-order valence-corrected chi connectivity index (χ0v) is 7.79. The van der Waals surface area contributed by atoms with Gasteiger partial charge in [0, 0.05) is 13.0 Å². The molecule has 2 rings (SSSR count). The van der Waals surface area contributed by atoms with Crippen LogP contribution in [0.2, 0.25) is 0 Å². The van der Waals surface area contributed by atoms with Gasteiger partial charge in [-0.3, -0.25) is 4.79 Å². The van der Waals surface area contributed by atoms with Gasteiger partial charge in [0.2, 0.25) is 5.91 Å². The molecule has 15 heavy (non-hydrogen) atoms. The van der Waals surface area contributed by atoms with Crippen LogP contribution in [0.25, 0.3) is 0 Å². The molecule has 0 radical (unpaired) electrons. The van der Waals surface area contributed by atoms with Crippen LogP contribution in [0.1, 0.15) is 12.8 Å². The first-order valence-electron chi connectivity index (χ1n) is 4.57. The molecule has 0 aromatic rings. The molecule has 2 N–H and O–H groups in total. The summed E-state index contributed by atoms with van der Waals surface area (Å²) in [5, 5.41) is 17.6. The quantitative estimate of drug-likeness (QED) is 0.592. The van der Waals surface area contributed by atoms with Crippen LogP contribution in [-0.4, -0.2) is 56.7 Å². The Morgan fingerprint density at radius 1 is 1.20 bits per heavy atom. The van der Waals surface area contributed by atoms with Gasteiger partial charge in [0.15, 0.2) is 0 Å². The van der Waals surface area contributed by atoms with E-state index in [1.54, 1.807) is 0 Å². The first-order chi connectivity index (χ1) is 7.02. The van der Waals surface area contributed by atoms with E-state index >= 15 is 0 Å². The number of hydrogen-bond acceptors (Lipinski definition) is 3. The van der Waals surface area contributed by atoms with Crippen LogP contribution < -0.4 is 0 Å². The molecule has 2 atom stereocenters. The van der Waals surface area contributed by atoms with E-state index in [-0.39, 0.29) is 6.42 Å². The molecule has 0 aliphatic carbocycles. The lowest BCUT2D eigenvalue weighted by atomic mass is 10.1. The maximum atomic E-state index is 11.3. The first kappa shape index (κ1) is 9.75. The number of likely N-dealkylation sites (tertiary alicyclic amines) is 2. The Labute approximate surface area is 84.9 Å². The number of fused-ring (bicyclic) bond motifs is 1. The van der Waals surface area contributed by atoms with Crippen molar-refractivity contribution >= 4 is 18.1 Å². The van der Waals surface area contributed by atoms with Crippen molar-refractivity contribution in [3.63, 3.8) is 0 Å². The summed E-state index contributed by atoms with van der Waals surface area (Å²) in [6, 6.07) is -0.989. The molecule has 0 spiro atoms. The summed E-state index contributed by atoms with van der Waals surface area (Å²) in [5.41, 5.74) is 0. The van der Waals surface area contributed by atoms with Gasteiger partial charge in [-0.25, -0.2) is 14.5 Å². The molecule has 82 valence electrons. The second-order valence-electron chi connectivity index (χ2n) is 3.65. The molecule has 0 aromatic carbocycles. The number of rotatable bonds is 0. The number of carbonyl (C=O) groups is 3. The van der Waals surface area contributed by atoms with Crippen molar-refractivity contribution in [1.29, 1.82) is 0 Å². The van der Waals surface area contributed by atoms with E-state index in [4.69, 9.17) is 10.2 Å². The monoisotopic (exact) mass is 214 g/mol. The highest BCUT2D eigenvalue weighted by molar-refractivity contribution is 5.94. The van der Waals surface area contributed by atoms with Crippen LogP contribution in [0.3, 0.4) is 0 Å². The number of carbonyl (C=O) groups excluding carboxylic acids is 1. The molecule has 2 aliphatic rings. The van der Waals surface area contributed by atoms with Gasteiger partial charge in [0.1, 0.15) is 0 Å². The topological polar surface area (TPSA) is 98.2 Å². The molecule has 2 aliphatic heterocycles. The SMILES string of the molecule is O=C(O)N1CCC2C1CC(=O)N2C(=O)O. The molecular weight excluding hydrogens is 204 g/mol. The second-order valence-corrected chi connectivity index (χ2v) is 3.65. The van der Waals surface area contributed by atoms with Crippen molar-refractivity contribution in [3.05, 3.63) is 0 Å². The maximum absolute atomic E-state index is 11.3. The van der Waals surface area contributed by atoms with Crippen LogP contribution in [0.15, 0.2) is 0 Å². The molecular formula is C8H10N2O5. The summed E-state index contributed by atoms with van der Waals surface area (Å²) >= 11 is 0. The average molecular weight is 214 g/mol. The number of nitrogens with zero attached hydrogens (tertiary/aromatic N) is 2. The Bertz CT molecular complexity index is 342. The minimum atomic E-state index is -1.29. The Balaban J connectivity index is 2.22. The van der Waals surface area contributed by atoms with Gasteiger partial charge in [-0.05, 0) is 6.42 Å². The molecule has 2 unspecified atom stereocenters. The van der Waals surface area contributed by atoms with Crippen molar-refractivity contribution in [2.24, 2.45) is 0 Å². The average Bonchev–Trinajstić information content (AvgIpc) is 2.59. The van der Waals surface area contributed by atoms with Crippen LogP contribution in [0, 0.1) is 0 Å². The highest BCUT2D eigenvalue weighted by Gasteiger charge is 2.50. The lowest BCUT2D eigenvalue weighted by molar-refractivity contribution is -0.127. The van der Waals surface area contributed by atoms with Gasteiger partial charge >= 0.3 is 12.2 Å². The van der Waals surface area contributed by atoms with Crippen molar-refractivity contribution in [2.45, 2.75) is 24.9 Å². The largest absolute Gasteiger partial charge is 0.465 e. The third-order valence-corrected chi connectivity index (χ3v) is 2.95. The van der Waals surface area contributed by atoms with Gasteiger partial charge in [-0.2, -0.15) is 0 Å². The highest BCUT2D eigenvalue weighted by Crippen LogP contribution is 2.32. The molecule has 3 amide bonds. The first-order valence-corrected chi connectivity index (χ1v) is 4.57. The van der Waals surface area contributed by atoms with E-state index in [2.05, 4.69) is 0 Å². The third-order valence-electron chi connectivity index (χ3n) is 2.95. The van der Waals surface area contributed by atoms with E-state index in [1.807, 2.05) is 0 Å². The van der Waals surface area contributed by atoms with Gasteiger partial charge in [0.05, 0.1) is 12.1 Å². The Morgan fingerprint density at radius 2 is 1.87 bits per heavy atom. The number of hydrogen-bond donors (Lipinski definition) is 2. The van der Waals surface area contributed by atoms with Crippen molar-refractivity contribution in [1.82, 2.24) is 9.80 Å². The maximum Gasteiger partial charge on any atom is 0.414 e. The summed E-state index contributed by atoms with van der Waals surface area (Å²) in [4.78, 5) is 34.8. The fourth-order valence-electron chi connectivity index (χ4n) is 2.33. The Morgan fingerprint density at radius 3 is 2.40 bits per heavy atom. The molecule has 7 nitrogen and oxygen atoms in total. The summed E-state index contributed by atoms with van der Waals surface area (Å²) in [7, 11) is 0. The van der Waals surface area contributed by atoms with E-state index in [0.29, 0.717) is 13.0 Å². The summed E-state index contributed by atoms with van der Waals surface area (Å²) in [5.74, 6) is -0.511. The molecule has 0 bridgehead atoms. The van der Waals surface area contributed by atoms with Gasteiger partial charge in [0.25, 0.3) is 0 Å². The Hall–Kier alpha value is -1.79.